The molecular formula is C25H30N4O4. The molecule has 2 aromatic heterocycles. The van der Waals surface area contributed by atoms with Crippen LogP contribution in [0.25, 0.3) is 22.3 Å². The van der Waals surface area contributed by atoms with Gasteiger partial charge in [-0.05, 0) is 59.2 Å². The van der Waals surface area contributed by atoms with Gasteiger partial charge in [-0.3, -0.25) is 9.79 Å². The number of aromatic nitrogens is 1. The maximum absolute atomic E-state index is 13.3. The second kappa shape index (κ2) is 9.05. The molecule has 8 heteroatoms. The average molecular weight is 451 g/mol. The number of carbonyl (C=O) groups excluding carboxylic acids is 1. The lowest BCUT2D eigenvalue weighted by Crippen LogP contribution is -2.34. The van der Waals surface area contributed by atoms with E-state index in [1.807, 2.05) is 19.9 Å². The van der Waals surface area contributed by atoms with Gasteiger partial charge >= 0.3 is 6.09 Å². The fraction of sp³-hybridized carbons (Fsp3) is 0.360. The summed E-state index contributed by atoms with van der Waals surface area (Å²) in [6.07, 6.45) is 2.61. The molecule has 3 rings (SSSR count). The number of rotatable bonds is 4. The fourth-order valence-electron chi connectivity index (χ4n) is 3.59. The van der Waals surface area contributed by atoms with Gasteiger partial charge in [0.1, 0.15) is 22.8 Å². The van der Waals surface area contributed by atoms with Crippen LogP contribution in [0.5, 0.6) is 0 Å². The van der Waals surface area contributed by atoms with Crippen LogP contribution in [0.1, 0.15) is 56.0 Å². The molecular weight excluding hydrogens is 420 g/mol. The quantitative estimate of drug-likeness (QED) is 0.557. The van der Waals surface area contributed by atoms with E-state index >= 15 is 0 Å². The normalized spacial score (nSPS) is 12.8. The SMILES string of the molecule is CN=Cc1cc(-c2oc3c(C(C)NC(=O)OC(C)(C)C)cc(C)cc3c(=O)c2C)cnc1N. The lowest BCUT2D eigenvalue weighted by Gasteiger charge is -2.22. The molecule has 2 heterocycles. The first kappa shape index (κ1) is 24.0. The van der Waals surface area contributed by atoms with Crippen molar-refractivity contribution in [3.05, 3.63) is 56.9 Å². The Kier molecular flexibility index (Phi) is 6.58. The molecule has 3 N–H and O–H groups in total. The number of aliphatic imine (C=N–C) groups is 1. The molecule has 1 aromatic carbocycles. The van der Waals surface area contributed by atoms with Gasteiger partial charge in [0, 0.05) is 41.7 Å². The summed E-state index contributed by atoms with van der Waals surface area (Å²) in [4.78, 5) is 33.9. The van der Waals surface area contributed by atoms with Gasteiger partial charge in [0.05, 0.1) is 11.4 Å². The first-order valence-corrected chi connectivity index (χ1v) is 10.7. The molecule has 0 radical (unpaired) electrons. The Morgan fingerprint density at radius 1 is 1.27 bits per heavy atom. The Morgan fingerprint density at radius 2 is 1.97 bits per heavy atom. The van der Waals surface area contributed by atoms with Crippen LogP contribution in [0.3, 0.4) is 0 Å². The van der Waals surface area contributed by atoms with Gasteiger partial charge in [0.25, 0.3) is 0 Å². The zero-order valence-corrected chi connectivity index (χ0v) is 20.1. The Morgan fingerprint density at radius 3 is 2.61 bits per heavy atom. The second-order valence-corrected chi connectivity index (χ2v) is 9.07. The van der Waals surface area contributed by atoms with Crippen molar-refractivity contribution < 1.29 is 13.9 Å². The van der Waals surface area contributed by atoms with E-state index < -0.39 is 17.7 Å². The number of nitrogens with two attached hydrogens (primary N) is 1. The molecule has 1 amide bonds. The van der Waals surface area contributed by atoms with E-state index in [1.165, 1.54) is 0 Å². The lowest BCUT2D eigenvalue weighted by molar-refractivity contribution is 0.0508. The van der Waals surface area contributed by atoms with Gasteiger partial charge in [-0.25, -0.2) is 9.78 Å². The van der Waals surface area contributed by atoms with Gasteiger partial charge < -0.3 is 20.2 Å². The van der Waals surface area contributed by atoms with Crippen LogP contribution in [0.15, 0.2) is 38.6 Å². The monoisotopic (exact) mass is 450 g/mol. The predicted molar refractivity (Wildman–Crippen MR) is 131 cm³/mol. The molecule has 1 unspecified atom stereocenters. The highest BCUT2D eigenvalue weighted by atomic mass is 16.6. The zero-order chi connectivity index (χ0) is 24.5. The van der Waals surface area contributed by atoms with Crippen molar-refractivity contribution in [3.8, 4) is 11.3 Å². The Bertz CT molecular complexity index is 1300. The van der Waals surface area contributed by atoms with Crippen LogP contribution in [0.4, 0.5) is 10.6 Å². The number of amides is 1. The first-order chi connectivity index (χ1) is 15.4. The summed E-state index contributed by atoms with van der Waals surface area (Å²) in [6.45, 7) is 10.8. The van der Waals surface area contributed by atoms with Gasteiger partial charge in [-0.2, -0.15) is 0 Å². The highest BCUT2D eigenvalue weighted by molar-refractivity contribution is 5.89. The standard InChI is InChI=1S/C25H30N4O4/c1-13-8-18(15(3)29-24(31)33-25(4,5)6)22-19(9-13)20(30)14(2)21(32-22)16-10-17(11-27-7)23(26)28-12-16/h8-12,15H,1-7H3,(H2,26,28)(H,29,31). The van der Waals surface area contributed by atoms with Crippen LogP contribution >= 0.6 is 0 Å². The third-order valence-electron chi connectivity index (χ3n) is 5.07. The van der Waals surface area contributed by atoms with Crippen LogP contribution < -0.4 is 16.5 Å². The molecule has 1 atom stereocenters. The van der Waals surface area contributed by atoms with E-state index in [0.717, 1.165) is 5.56 Å². The third kappa shape index (κ3) is 5.22. The van der Waals surface area contributed by atoms with Crippen molar-refractivity contribution in [1.29, 1.82) is 0 Å². The molecule has 0 bridgehead atoms. The topological polar surface area (TPSA) is 120 Å². The van der Waals surface area contributed by atoms with Crippen molar-refractivity contribution in [3.63, 3.8) is 0 Å². The number of pyridine rings is 1. The van der Waals surface area contributed by atoms with Gasteiger partial charge in [0.15, 0.2) is 5.43 Å². The van der Waals surface area contributed by atoms with Crippen LogP contribution in [-0.4, -0.2) is 29.9 Å². The highest BCUT2D eigenvalue weighted by Gasteiger charge is 2.22. The van der Waals surface area contributed by atoms with Crippen LogP contribution in [0.2, 0.25) is 0 Å². The van der Waals surface area contributed by atoms with Gasteiger partial charge in [0.2, 0.25) is 0 Å². The summed E-state index contributed by atoms with van der Waals surface area (Å²) in [5.41, 5.74) is 8.80. The molecule has 3 aromatic rings. The molecule has 0 spiro atoms. The van der Waals surface area contributed by atoms with E-state index in [1.54, 1.807) is 59.3 Å². The number of carbonyl (C=O) groups is 1. The number of hydrogen-bond donors (Lipinski definition) is 2. The average Bonchev–Trinajstić information content (AvgIpc) is 2.71. The number of nitrogens with one attached hydrogen (secondary N) is 1. The molecule has 0 saturated heterocycles. The molecule has 174 valence electrons. The van der Waals surface area contributed by atoms with Crippen molar-refractivity contribution in [2.24, 2.45) is 4.99 Å². The Labute approximate surface area is 192 Å². The first-order valence-electron chi connectivity index (χ1n) is 10.7. The Balaban J connectivity index is 2.18. The number of nitrogen functional groups attached to an aromatic ring is 1. The fourth-order valence-corrected chi connectivity index (χ4v) is 3.59. The largest absolute Gasteiger partial charge is 0.455 e. The van der Waals surface area contributed by atoms with Crippen LogP contribution in [-0.2, 0) is 4.74 Å². The minimum atomic E-state index is -0.628. The number of ether oxygens (including phenoxy) is 1. The van der Waals surface area contributed by atoms with Crippen LogP contribution in [0, 0.1) is 13.8 Å². The van der Waals surface area contributed by atoms with Gasteiger partial charge in [-0.1, -0.05) is 6.07 Å². The zero-order valence-electron chi connectivity index (χ0n) is 20.1. The molecule has 8 nitrogen and oxygen atoms in total. The minimum absolute atomic E-state index is 0.150. The summed E-state index contributed by atoms with van der Waals surface area (Å²) in [7, 11) is 1.64. The number of hydrogen-bond acceptors (Lipinski definition) is 7. The highest BCUT2D eigenvalue weighted by Crippen LogP contribution is 2.31. The van der Waals surface area contributed by atoms with Gasteiger partial charge in [-0.15, -0.1) is 0 Å². The summed E-state index contributed by atoms with van der Waals surface area (Å²) >= 11 is 0. The summed E-state index contributed by atoms with van der Waals surface area (Å²) in [5, 5.41) is 3.28. The van der Waals surface area contributed by atoms with Crippen molar-refractivity contribution in [2.75, 3.05) is 12.8 Å². The number of benzene rings is 1. The molecule has 0 fully saturated rings. The van der Waals surface area contributed by atoms with Crippen molar-refractivity contribution >= 4 is 29.1 Å². The number of fused-ring (bicyclic) bond motifs is 1. The van der Waals surface area contributed by atoms with Crippen molar-refractivity contribution in [1.82, 2.24) is 10.3 Å². The lowest BCUT2D eigenvalue weighted by atomic mass is 9.99. The maximum Gasteiger partial charge on any atom is 0.408 e. The van der Waals surface area contributed by atoms with E-state index in [9.17, 15) is 9.59 Å². The van der Waals surface area contributed by atoms with Crippen molar-refractivity contribution in [2.45, 2.75) is 53.2 Å². The molecule has 0 aliphatic carbocycles. The summed E-state index contributed by atoms with van der Waals surface area (Å²) in [6, 6.07) is 5.00. The molecule has 0 aliphatic rings. The second-order valence-electron chi connectivity index (χ2n) is 9.07. The van der Waals surface area contributed by atoms with E-state index in [-0.39, 0.29) is 5.43 Å². The number of nitrogens with zero attached hydrogens (tertiary/aromatic N) is 2. The third-order valence-corrected chi connectivity index (χ3v) is 5.07. The van der Waals surface area contributed by atoms with E-state index in [4.69, 9.17) is 14.9 Å². The summed E-state index contributed by atoms with van der Waals surface area (Å²) < 4.78 is 11.7. The molecule has 0 saturated carbocycles. The van der Waals surface area contributed by atoms with E-state index in [0.29, 0.717) is 44.8 Å². The van der Waals surface area contributed by atoms with E-state index in [2.05, 4.69) is 15.3 Å². The summed E-state index contributed by atoms with van der Waals surface area (Å²) in [5.74, 6) is 0.719. The molecule has 33 heavy (non-hydrogen) atoms. The maximum atomic E-state index is 13.3. The molecule has 0 aliphatic heterocycles. The Hall–Kier alpha value is -3.68. The smallest absolute Gasteiger partial charge is 0.408 e. The number of alkyl carbamates (subject to hydrolysis) is 1. The predicted octanol–water partition coefficient (Wildman–Crippen LogP) is 4.69. The number of aryl methyl sites for hydroxylation is 1. The minimum Gasteiger partial charge on any atom is -0.455 e. The number of anilines is 1.